The molecular formula is C18H36N2O. The minimum absolute atomic E-state index is 0.555. The average Bonchev–Trinajstić information content (AvgIpc) is 2.40. The lowest BCUT2D eigenvalue weighted by atomic mass is 10.0. The molecule has 0 aliphatic heterocycles. The molecule has 0 amide bonds. The molecule has 3 heteroatoms. The van der Waals surface area contributed by atoms with Crippen LogP contribution in [0.25, 0.3) is 0 Å². The zero-order chi connectivity index (χ0) is 15.3. The van der Waals surface area contributed by atoms with E-state index in [0.717, 1.165) is 19.6 Å². The SMILES string of the molecule is CC(CONC1=CCCCCCCCCCC1)CN(C)C. The Kier molecular flexibility index (Phi) is 10.6. The Morgan fingerprint density at radius 1 is 1.05 bits per heavy atom. The summed E-state index contributed by atoms with van der Waals surface area (Å²) in [5.74, 6) is 0.555. The van der Waals surface area contributed by atoms with E-state index in [4.69, 9.17) is 4.84 Å². The maximum Gasteiger partial charge on any atom is 0.0783 e. The number of rotatable bonds is 6. The van der Waals surface area contributed by atoms with Crippen LogP contribution in [-0.2, 0) is 4.84 Å². The van der Waals surface area contributed by atoms with E-state index in [9.17, 15) is 0 Å². The molecule has 1 rings (SSSR count). The monoisotopic (exact) mass is 296 g/mol. The predicted molar refractivity (Wildman–Crippen MR) is 91.1 cm³/mol. The van der Waals surface area contributed by atoms with Crippen LogP contribution < -0.4 is 5.48 Å². The third kappa shape index (κ3) is 10.8. The quantitative estimate of drug-likeness (QED) is 0.730. The van der Waals surface area contributed by atoms with Crippen molar-refractivity contribution in [1.82, 2.24) is 10.4 Å². The second-order valence-corrected chi connectivity index (χ2v) is 6.88. The van der Waals surface area contributed by atoms with Crippen LogP contribution in [0.2, 0.25) is 0 Å². The molecule has 1 N–H and O–H groups in total. The van der Waals surface area contributed by atoms with Crippen LogP contribution in [0.3, 0.4) is 0 Å². The van der Waals surface area contributed by atoms with Crippen LogP contribution in [0.4, 0.5) is 0 Å². The summed E-state index contributed by atoms with van der Waals surface area (Å²) >= 11 is 0. The Balaban J connectivity index is 2.27. The Morgan fingerprint density at radius 2 is 1.67 bits per heavy atom. The van der Waals surface area contributed by atoms with Gasteiger partial charge in [0.15, 0.2) is 0 Å². The van der Waals surface area contributed by atoms with Gasteiger partial charge in [-0.25, -0.2) is 0 Å². The summed E-state index contributed by atoms with van der Waals surface area (Å²) in [5.41, 5.74) is 4.52. The largest absolute Gasteiger partial charge is 0.309 e. The van der Waals surface area contributed by atoms with Crippen LogP contribution in [0.1, 0.15) is 71.1 Å². The molecule has 21 heavy (non-hydrogen) atoms. The normalized spacial score (nSPS) is 20.3. The second-order valence-electron chi connectivity index (χ2n) is 6.88. The molecule has 0 spiro atoms. The van der Waals surface area contributed by atoms with Gasteiger partial charge in [0.25, 0.3) is 0 Å². The fourth-order valence-corrected chi connectivity index (χ4v) is 2.94. The third-order valence-corrected chi connectivity index (χ3v) is 4.04. The molecule has 0 aromatic carbocycles. The van der Waals surface area contributed by atoms with Gasteiger partial charge in [-0.2, -0.15) is 0 Å². The lowest BCUT2D eigenvalue weighted by Crippen LogP contribution is -2.26. The first-order valence-corrected chi connectivity index (χ1v) is 8.90. The molecule has 1 unspecified atom stereocenters. The van der Waals surface area contributed by atoms with Crippen LogP contribution in [0, 0.1) is 5.92 Å². The van der Waals surface area contributed by atoms with Gasteiger partial charge in [-0.3, -0.25) is 10.3 Å². The molecule has 0 fully saturated rings. The number of nitrogens with one attached hydrogen (secondary N) is 1. The second kappa shape index (κ2) is 12.0. The highest BCUT2D eigenvalue weighted by Gasteiger charge is 2.05. The van der Waals surface area contributed by atoms with Gasteiger partial charge in [0.2, 0.25) is 0 Å². The summed E-state index contributed by atoms with van der Waals surface area (Å²) < 4.78 is 0. The Hall–Kier alpha value is -0.540. The lowest BCUT2D eigenvalue weighted by Gasteiger charge is -2.18. The average molecular weight is 296 g/mol. The summed E-state index contributed by atoms with van der Waals surface area (Å²) in [6, 6.07) is 0. The zero-order valence-corrected chi connectivity index (χ0v) is 14.5. The van der Waals surface area contributed by atoms with E-state index in [0.29, 0.717) is 5.92 Å². The van der Waals surface area contributed by atoms with Gasteiger partial charge < -0.3 is 4.90 Å². The van der Waals surface area contributed by atoms with Crippen molar-refractivity contribution >= 4 is 0 Å². The summed E-state index contributed by atoms with van der Waals surface area (Å²) in [4.78, 5) is 7.93. The number of nitrogens with zero attached hydrogens (tertiary/aromatic N) is 1. The minimum Gasteiger partial charge on any atom is -0.309 e. The van der Waals surface area contributed by atoms with Gasteiger partial charge in [-0.15, -0.1) is 0 Å². The molecule has 0 saturated carbocycles. The van der Waals surface area contributed by atoms with Crippen LogP contribution in [0.15, 0.2) is 11.8 Å². The van der Waals surface area contributed by atoms with Gasteiger partial charge in [0, 0.05) is 12.2 Å². The first kappa shape index (κ1) is 18.5. The molecule has 1 aliphatic carbocycles. The van der Waals surface area contributed by atoms with E-state index in [1.807, 2.05) is 0 Å². The van der Waals surface area contributed by atoms with Crippen LogP contribution in [0.5, 0.6) is 0 Å². The van der Waals surface area contributed by atoms with E-state index in [1.165, 1.54) is 63.5 Å². The van der Waals surface area contributed by atoms with Gasteiger partial charge in [0.05, 0.1) is 6.61 Å². The standard InChI is InChI=1S/C18H36N2O/c1-17(15-20(2)3)16-21-19-18-13-11-9-7-5-4-6-8-10-12-14-18/h13,17,19H,4-12,14-16H2,1-3H3. The Morgan fingerprint density at radius 3 is 2.33 bits per heavy atom. The highest BCUT2D eigenvalue weighted by Crippen LogP contribution is 2.15. The molecule has 0 radical (unpaired) electrons. The van der Waals surface area contributed by atoms with Crippen LogP contribution in [-0.4, -0.2) is 32.1 Å². The van der Waals surface area contributed by atoms with Crippen molar-refractivity contribution in [1.29, 1.82) is 0 Å². The van der Waals surface area contributed by atoms with Gasteiger partial charge in [-0.05, 0) is 45.7 Å². The van der Waals surface area contributed by atoms with Crippen LogP contribution >= 0.6 is 0 Å². The van der Waals surface area contributed by atoms with Crippen molar-refractivity contribution in [2.75, 3.05) is 27.2 Å². The molecule has 1 atom stereocenters. The number of hydrogen-bond donors (Lipinski definition) is 1. The fraction of sp³-hybridized carbons (Fsp3) is 0.889. The van der Waals surface area contributed by atoms with Crippen molar-refractivity contribution in [2.24, 2.45) is 5.92 Å². The molecule has 0 heterocycles. The summed E-state index contributed by atoms with van der Waals surface area (Å²) in [7, 11) is 4.22. The van der Waals surface area contributed by atoms with E-state index in [1.54, 1.807) is 0 Å². The summed E-state index contributed by atoms with van der Waals surface area (Å²) in [6.45, 7) is 4.08. The Bertz CT molecular complexity index is 276. The summed E-state index contributed by atoms with van der Waals surface area (Å²) in [5, 5.41) is 0. The van der Waals surface area contributed by atoms with Crippen molar-refractivity contribution in [2.45, 2.75) is 71.1 Å². The number of hydroxylamine groups is 1. The van der Waals surface area contributed by atoms with Crippen molar-refractivity contribution < 1.29 is 4.84 Å². The van der Waals surface area contributed by atoms with Crippen molar-refractivity contribution in [3.63, 3.8) is 0 Å². The van der Waals surface area contributed by atoms with E-state index in [2.05, 4.69) is 37.5 Å². The first-order chi connectivity index (χ1) is 10.2. The summed E-state index contributed by atoms with van der Waals surface area (Å²) in [6.07, 6.45) is 15.7. The maximum absolute atomic E-state index is 5.72. The number of allylic oxidation sites excluding steroid dienone is 2. The third-order valence-electron chi connectivity index (χ3n) is 4.04. The highest BCUT2D eigenvalue weighted by molar-refractivity contribution is 4.97. The zero-order valence-electron chi connectivity index (χ0n) is 14.5. The highest BCUT2D eigenvalue weighted by atomic mass is 16.6. The van der Waals surface area contributed by atoms with Gasteiger partial charge >= 0.3 is 0 Å². The van der Waals surface area contributed by atoms with E-state index < -0.39 is 0 Å². The van der Waals surface area contributed by atoms with Crippen molar-refractivity contribution in [3.05, 3.63) is 11.8 Å². The van der Waals surface area contributed by atoms with Gasteiger partial charge in [-0.1, -0.05) is 51.5 Å². The van der Waals surface area contributed by atoms with Gasteiger partial charge in [0.1, 0.15) is 0 Å². The van der Waals surface area contributed by atoms with E-state index >= 15 is 0 Å². The smallest absolute Gasteiger partial charge is 0.0783 e. The van der Waals surface area contributed by atoms with Crippen molar-refractivity contribution in [3.8, 4) is 0 Å². The molecule has 3 nitrogen and oxygen atoms in total. The van der Waals surface area contributed by atoms with E-state index in [-0.39, 0.29) is 0 Å². The predicted octanol–water partition coefficient (Wildman–Crippen LogP) is 4.50. The molecule has 0 aromatic rings. The minimum atomic E-state index is 0.555. The molecule has 124 valence electrons. The Labute approximate surface area is 132 Å². The first-order valence-electron chi connectivity index (χ1n) is 8.90. The topological polar surface area (TPSA) is 24.5 Å². The molecule has 0 bridgehead atoms. The maximum atomic E-state index is 5.72. The molecular weight excluding hydrogens is 260 g/mol. The molecule has 0 saturated heterocycles. The number of hydrogen-bond acceptors (Lipinski definition) is 3. The molecule has 1 aliphatic rings. The lowest BCUT2D eigenvalue weighted by molar-refractivity contribution is 0.0320. The molecule has 0 aromatic heterocycles. The fourth-order valence-electron chi connectivity index (χ4n) is 2.94.